The van der Waals surface area contributed by atoms with Gasteiger partial charge in [0.1, 0.15) is 0 Å². The highest BCUT2D eigenvalue weighted by Gasteiger charge is 2.71. The molecule has 0 spiro atoms. The maximum absolute atomic E-state index is 14.6. The van der Waals surface area contributed by atoms with E-state index >= 15 is 0 Å². The van der Waals surface area contributed by atoms with Crippen molar-refractivity contribution in [3.8, 4) is 0 Å². The Bertz CT molecular complexity index is 467. The molecule has 0 aromatic carbocycles. The van der Waals surface area contributed by atoms with Gasteiger partial charge in [0.05, 0.1) is 0 Å². The lowest BCUT2D eigenvalue weighted by Crippen LogP contribution is -2.57. The second-order valence-electron chi connectivity index (χ2n) is 6.95. The third-order valence-corrected chi connectivity index (χ3v) is 10.7. The van der Waals surface area contributed by atoms with Crippen LogP contribution in [0.15, 0.2) is 0 Å². The van der Waals surface area contributed by atoms with Crippen LogP contribution in [0.5, 0.6) is 0 Å². The summed E-state index contributed by atoms with van der Waals surface area (Å²) in [6.07, 6.45) is -3.18. The van der Waals surface area contributed by atoms with Crippen molar-refractivity contribution in [3.63, 3.8) is 0 Å². The molecule has 0 aromatic heterocycles. The first-order valence-electron chi connectivity index (χ1n) is 11.2. The second kappa shape index (κ2) is 14.4. The van der Waals surface area contributed by atoms with Crippen LogP contribution < -0.4 is 0 Å². The summed E-state index contributed by atoms with van der Waals surface area (Å²) in [5.74, 6) is -15.7. The van der Waals surface area contributed by atoms with Crippen molar-refractivity contribution in [1.82, 2.24) is 0 Å². The average Bonchev–Trinajstić information content (AvgIpc) is 2.72. The standard InChI is InChI=1S/C19H38F6O6Si2/c1-7-26-32(27-8-2,28-9-3)15-13-17(20,21)19(24,25)18(22,23)14-16-33(29-10-4,30-11-5)31-12-6/h7-16H2,1-6H3. The van der Waals surface area contributed by atoms with Crippen LogP contribution in [0.3, 0.4) is 0 Å². The molecule has 0 atom stereocenters. The summed E-state index contributed by atoms with van der Waals surface area (Å²) < 4.78 is 119. The molecule has 0 aliphatic carbocycles. The van der Waals surface area contributed by atoms with Crippen LogP contribution in [0.2, 0.25) is 12.1 Å². The molecule has 33 heavy (non-hydrogen) atoms. The summed E-state index contributed by atoms with van der Waals surface area (Å²) in [7, 11) is -7.47. The fraction of sp³-hybridized carbons (Fsp3) is 1.00. The van der Waals surface area contributed by atoms with E-state index in [1.807, 2.05) is 0 Å². The molecular weight excluding hydrogens is 494 g/mol. The molecule has 0 rings (SSSR count). The van der Waals surface area contributed by atoms with E-state index in [4.69, 9.17) is 26.6 Å². The summed E-state index contributed by atoms with van der Waals surface area (Å²) in [6.45, 7) is 9.56. The molecule has 0 bridgehead atoms. The fourth-order valence-electron chi connectivity index (χ4n) is 3.20. The van der Waals surface area contributed by atoms with Gasteiger partial charge in [-0.2, -0.15) is 26.3 Å². The molecule has 0 N–H and O–H groups in total. The molecular formula is C19H38F6O6Si2. The van der Waals surface area contributed by atoms with Crippen molar-refractivity contribution in [3.05, 3.63) is 0 Å². The van der Waals surface area contributed by atoms with Crippen LogP contribution in [0.25, 0.3) is 0 Å². The van der Waals surface area contributed by atoms with Crippen molar-refractivity contribution in [1.29, 1.82) is 0 Å². The van der Waals surface area contributed by atoms with Gasteiger partial charge in [0.15, 0.2) is 0 Å². The highest BCUT2D eigenvalue weighted by atomic mass is 28.4. The van der Waals surface area contributed by atoms with Crippen LogP contribution in [0, 0.1) is 0 Å². The van der Waals surface area contributed by atoms with Crippen molar-refractivity contribution in [2.24, 2.45) is 0 Å². The van der Waals surface area contributed by atoms with E-state index in [-0.39, 0.29) is 39.6 Å². The molecule has 14 heteroatoms. The van der Waals surface area contributed by atoms with E-state index < -0.39 is 60.3 Å². The van der Waals surface area contributed by atoms with Gasteiger partial charge in [0, 0.05) is 64.6 Å². The zero-order valence-corrected chi connectivity index (χ0v) is 22.3. The van der Waals surface area contributed by atoms with Crippen molar-refractivity contribution >= 4 is 17.6 Å². The molecule has 0 saturated heterocycles. The first-order chi connectivity index (χ1) is 15.3. The molecule has 0 aliphatic rings. The number of hydrogen-bond donors (Lipinski definition) is 0. The van der Waals surface area contributed by atoms with Gasteiger partial charge in [-0.25, -0.2) is 0 Å². The monoisotopic (exact) mass is 532 g/mol. The van der Waals surface area contributed by atoms with E-state index in [9.17, 15) is 26.3 Å². The lowest BCUT2D eigenvalue weighted by Gasteiger charge is -2.36. The molecule has 0 aliphatic heterocycles. The Morgan fingerprint density at radius 2 is 0.667 bits per heavy atom. The topological polar surface area (TPSA) is 55.4 Å². The van der Waals surface area contributed by atoms with E-state index in [1.54, 1.807) is 41.5 Å². The van der Waals surface area contributed by atoms with Gasteiger partial charge >= 0.3 is 35.4 Å². The Morgan fingerprint density at radius 1 is 0.455 bits per heavy atom. The second-order valence-corrected chi connectivity index (χ2v) is 12.4. The van der Waals surface area contributed by atoms with Crippen LogP contribution in [0.1, 0.15) is 54.4 Å². The summed E-state index contributed by atoms with van der Waals surface area (Å²) >= 11 is 0. The van der Waals surface area contributed by atoms with Crippen LogP contribution in [-0.4, -0.2) is 75.0 Å². The summed E-state index contributed by atoms with van der Waals surface area (Å²) in [6, 6.07) is -1.48. The minimum Gasteiger partial charge on any atom is -0.374 e. The quantitative estimate of drug-likeness (QED) is 0.147. The zero-order chi connectivity index (χ0) is 25.8. The maximum atomic E-state index is 14.6. The molecule has 0 unspecified atom stereocenters. The number of hydrogen-bond acceptors (Lipinski definition) is 6. The highest BCUT2D eigenvalue weighted by Crippen LogP contribution is 2.51. The van der Waals surface area contributed by atoms with Crippen molar-refractivity contribution < 1.29 is 52.9 Å². The summed E-state index contributed by atoms with van der Waals surface area (Å²) in [5.41, 5.74) is 0. The predicted molar refractivity (Wildman–Crippen MR) is 115 cm³/mol. The Kier molecular flexibility index (Phi) is 14.3. The smallest absolute Gasteiger partial charge is 0.374 e. The van der Waals surface area contributed by atoms with Crippen LogP contribution >= 0.6 is 0 Å². The Balaban J connectivity index is 5.64. The highest BCUT2D eigenvalue weighted by molar-refractivity contribution is 6.61. The van der Waals surface area contributed by atoms with Gasteiger partial charge in [-0.1, -0.05) is 0 Å². The van der Waals surface area contributed by atoms with Gasteiger partial charge in [0.25, 0.3) is 0 Å². The van der Waals surface area contributed by atoms with E-state index in [2.05, 4.69) is 0 Å². The Labute approximate surface area is 194 Å². The minimum atomic E-state index is -5.64. The molecule has 0 heterocycles. The zero-order valence-electron chi connectivity index (χ0n) is 20.3. The molecule has 0 aromatic rings. The minimum absolute atomic E-state index is 0.0311. The summed E-state index contributed by atoms with van der Waals surface area (Å²) in [4.78, 5) is 0. The predicted octanol–water partition coefficient (Wildman–Crippen LogP) is 5.77. The first-order valence-corrected chi connectivity index (χ1v) is 15.1. The van der Waals surface area contributed by atoms with E-state index in [1.165, 1.54) is 0 Å². The lowest BCUT2D eigenvalue weighted by molar-refractivity contribution is -0.310. The van der Waals surface area contributed by atoms with Crippen molar-refractivity contribution in [2.45, 2.75) is 84.2 Å². The third-order valence-electron chi connectivity index (χ3n) is 4.59. The number of rotatable bonds is 20. The molecule has 6 nitrogen and oxygen atoms in total. The number of alkyl halides is 6. The van der Waals surface area contributed by atoms with Crippen LogP contribution in [0.4, 0.5) is 26.3 Å². The number of halogens is 6. The summed E-state index contributed by atoms with van der Waals surface area (Å²) in [5, 5.41) is 0. The van der Waals surface area contributed by atoms with E-state index in [0.29, 0.717) is 0 Å². The third kappa shape index (κ3) is 9.05. The molecule has 0 amide bonds. The fourth-order valence-corrected chi connectivity index (χ4v) is 8.45. The maximum Gasteiger partial charge on any atom is 0.501 e. The van der Waals surface area contributed by atoms with Gasteiger partial charge in [-0.3, -0.25) is 0 Å². The SMILES string of the molecule is CCO[Si](CCC(F)(F)C(F)(F)C(F)(F)CC[Si](OCC)(OCC)OCC)(OCC)OCC. The van der Waals surface area contributed by atoms with Gasteiger partial charge < -0.3 is 26.6 Å². The van der Waals surface area contributed by atoms with Gasteiger partial charge in [-0.05, 0) is 41.5 Å². The normalized spacial score (nSPS) is 14.2. The largest absolute Gasteiger partial charge is 0.501 e. The van der Waals surface area contributed by atoms with Crippen molar-refractivity contribution in [2.75, 3.05) is 39.6 Å². The van der Waals surface area contributed by atoms with Gasteiger partial charge in [0.2, 0.25) is 0 Å². The molecule has 200 valence electrons. The molecule has 0 saturated carbocycles. The lowest BCUT2D eigenvalue weighted by atomic mass is 10.0. The molecule has 0 radical (unpaired) electrons. The first kappa shape index (κ1) is 32.8. The van der Waals surface area contributed by atoms with Crippen LogP contribution in [-0.2, 0) is 26.6 Å². The Hall–Kier alpha value is -0.226. The Morgan fingerprint density at radius 3 is 0.848 bits per heavy atom. The van der Waals surface area contributed by atoms with Gasteiger partial charge in [-0.15, -0.1) is 0 Å². The molecule has 0 fully saturated rings. The average molecular weight is 533 g/mol. The van der Waals surface area contributed by atoms with E-state index in [0.717, 1.165) is 0 Å².